The highest BCUT2D eigenvalue weighted by Crippen LogP contribution is 2.30. The molecule has 0 radical (unpaired) electrons. The molecule has 1 atom stereocenters. The topological polar surface area (TPSA) is 70.2 Å². The summed E-state index contributed by atoms with van der Waals surface area (Å²) in [6.45, 7) is 9.27. The predicted octanol–water partition coefficient (Wildman–Crippen LogP) is 3.61. The molecule has 1 aliphatic heterocycles. The van der Waals surface area contributed by atoms with E-state index in [2.05, 4.69) is 27.3 Å². The first-order chi connectivity index (χ1) is 13.0. The minimum atomic E-state index is -0.119. The van der Waals surface area contributed by atoms with Gasteiger partial charge in [-0.15, -0.1) is 11.3 Å². The zero-order chi connectivity index (χ0) is 19.0. The molecule has 7 heteroatoms. The number of benzene rings is 1. The monoisotopic (exact) mass is 384 g/mol. The Morgan fingerprint density at radius 1 is 1.26 bits per heavy atom. The molecule has 2 aromatic heterocycles. The van der Waals surface area contributed by atoms with Crippen LogP contribution in [0.5, 0.6) is 0 Å². The molecule has 0 saturated carbocycles. The smallest absolute Gasteiger partial charge is 0.259 e. The van der Waals surface area contributed by atoms with E-state index in [0.717, 1.165) is 52.9 Å². The Bertz CT molecular complexity index is 1020. The number of thiophene rings is 1. The lowest BCUT2D eigenvalue weighted by Gasteiger charge is -2.31. The minimum Gasteiger partial charge on any atom is -0.378 e. The summed E-state index contributed by atoms with van der Waals surface area (Å²) in [4.78, 5) is 24.5. The van der Waals surface area contributed by atoms with Crippen LogP contribution in [0.3, 0.4) is 0 Å². The number of hydrogen-bond acceptors (Lipinski definition) is 6. The van der Waals surface area contributed by atoms with Crippen molar-refractivity contribution in [3.8, 4) is 0 Å². The second-order valence-corrected chi connectivity index (χ2v) is 8.10. The van der Waals surface area contributed by atoms with Crippen LogP contribution in [0.25, 0.3) is 10.2 Å². The number of hydrogen-bond donors (Lipinski definition) is 2. The van der Waals surface area contributed by atoms with Gasteiger partial charge in [0.05, 0.1) is 36.0 Å². The number of rotatable bonds is 4. The molecule has 1 fully saturated rings. The van der Waals surface area contributed by atoms with Gasteiger partial charge in [-0.25, -0.2) is 4.98 Å². The Balaban J connectivity index is 1.64. The maximum Gasteiger partial charge on any atom is 0.259 e. The van der Waals surface area contributed by atoms with E-state index in [0.29, 0.717) is 11.2 Å². The van der Waals surface area contributed by atoms with Crippen molar-refractivity contribution in [3.63, 3.8) is 0 Å². The molecule has 4 rings (SSSR count). The third-order valence-electron chi connectivity index (χ3n) is 5.10. The third kappa shape index (κ3) is 3.44. The lowest BCUT2D eigenvalue weighted by molar-refractivity contribution is 0.123. The molecule has 0 aliphatic carbocycles. The van der Waals surface area contributed by atoms with Crippen molar-refractivity contribution < 1.29 is 4.74 Å². The van der Waals surface area contributed by atoms with Crippen LogP contribution < -0.4 is 15.8 Å². The van der Waals surface area contributed by atoms with Gasteiger partial charge in [0.25, 0.3) is 5.56 Å². The van der Waals surface area contributed by atoms with Crippen molar-refractivity contribution in [2.24, 2.45) is 0 Å². The van der Waals surface area contributed by atoms with E-state index < -0.39 is 0 Å². The number of aromatic nitrogens is 2. The molecular weight excluding hydrogens is 360 g/mol. The van der Waals surface area contributed by atoms with Crippen LogP contribution in [0.1, 0.15) is 29.2 Å². The van der Waals surface area contributed by atoms with Gasteiger partial charge < -0.3 is 19.9 Å². The number of nitrogens with one attached hydrogen (secondary N) is 2. The van der Waals surface area contributed by atoms with Gasteiger partial charge in [0.1, 0.15) is 10.7 Å². The summed E-state index contributed by atoms with van der Waals surface area (Å²) >= 11 is 1.58. The van der Waals surface area contributed by atoms with E-state index in [1.54, 1.807) is 11.3 Å². The average Bonchev–Trinajstić information content (AvgIpc) is 2.97. The lowest BCUT2D eigenvalue weighted by Crippen LogP contribution is -2.36. The number of para-hydroxylation sites is 2. The van der Waals surface area contributed by atoms with Gasteiger partial charge in [0.2, 0.25) is 0 Å². The number of nitrogens with zero attached hydrogens (tertiary/aromatic N) is 2. The van der Waals surface area contributed by atoms with Crippen molar-refractivity contribution in [2.75, 3.05) is 36.5 Å². The Morgan fingerprint density at radius 2 is 2.00 bits per heavy atom. The summed E-state index contributed by atoms with van der Waals surface area (Å²) in [7, 11) is 0. The molecule has 0 bridgehead atoms. The summed E-state index contributed by atoms with van der Waals surface area (Å²) in [5.41, 5.74) is 3.15. The number of aromatic amines is 1. The first-order valence-electron chi connectivity index (χ1n) is 9.23. The molecular formula is C20H24N4O2S. The quantitative estimate of drug-likeness (QED) is 0.719. The number of anilines is 2. The molecule has 3 heterocycles. The summed E-state index contributed by atoms with van der Waals surface area (Å²) in [6, 6.07) is 8.13. The molecule has 0 spiro atoms. The van der Waals surface area contributed by atoms with Crippen molar-refractivity contribution in [3.05, 3.63) is 50.9 Å². The molecule has 2 N–H and O–H groups in total. The van der Waals surface area contributed by atoms with Crippen molar-refractivity contribution in [1.29, 1.82) is 0 Å². The number of morpholine rings is 1. The van der Waals surface area contributed by atoms with E-state index in [-0.39, 0.29) is 11.6 Å². The van der Waals surface area contributed by atoms with Crippen LogP contribution >= 0.6 is 11.3 Å². The Kier molecular flexibility index (Phi) is 4.88. The van der Waals surface area contributed by atoms with Crippen LogP contribution in [-0.2, 0) is 4.74 Å². The number of aryl methyl sites for hydroxylation is 2. The van der Waals surface area contributed by atoms with Crippen molar-refractivity contribution >= 4 is 32.9 Å². The zero-order valence-corrected chi connectivity index (χ0v) is 16.7. The fraction of sp³-hybridized carbons (Fsp3) is 0.400. The first kappa shape index (κ1) is 18.0. The van der Waals surface area contributed by atoms with Crippen LogP contribution in [-0.4, -0.2) is 36.3 Å². The van der Waals surface area contributed by atoms with Gasteiger partial charge in [0, 0.05) is 18.0 Å². The van der Waals surface area contributed by atoms with Gasteiger partial charge in [-0.05, 0) is 38.5 Å². The Hall–Kier alpha value is -2.38. The molecule has 27 heavy (non-hydrogen) atoms. The molecule has 1 aromatic carbocycles. The molecule has 6 nitrogen and oxygen atoms in total. The van der Waals surface area contributed by atoms with E-state index in [1.165, 1.54) is 0 Å². The predicted molar refractivity (Wildman–Crippen MR) is 111 cm³/mol. The normalized spacial score (nSPS) is 15.9. The molecule has 3 aromatic rings. The van der Waals surface area contributed by atoms with E-state index in [4.69, 9.17) is 9.72 Å². The van der Waals surface area contributed by atoms with Gasteiger partial charge in [-0.3, -0.25) is 4.79 Å². The molecule has 0 unspecified atom stereocenters. The fourth-order valence-electron chi connectivity index (χ4n) is 3.45. The molecule has 0 amide bonds. The highest BCUT2D eigenvalue weighted by molar-refractivity contribution is 7.18. The molecule has 1 saturated heterocycles. The second kappa shape index (κ2) is 7.32. The Labute approximate surface area is 162 Å². The van der Waals surface area contributed by atoms with Crippen LogP contribution in [0.4, 0.5) is 11.4 Å². The first-order valence-corrected chi connectivity index (χ1v) is 10.0. The Morgan fingerprint density at radius 3 is 2.78 bits per heavy atom. The summed E-state index contributed by atoms with van der Waals surface area (Å²) in [6.07, 6.45) is 0. The summed E-state index contributed by atoms with van der Waals surface area (Å²) in [5, 5.41) is 4.24. The number of ether oxygens (including phenoxy) is 1. The maximum absolute atomic E-state index is 12.6. The van der Waals surface area contributed by atoms with Crippen molar-refractivity contribution in [2.45, 2.75) is 26.8 Å². The average molecular weight is 385 g/mol. The highest BCUT2D eigenvalue weighted by atomic mass is 32.1. The zero-order valence-electron chi connectivity index (χ0n) is 15.8. The number of H-pyrrole nitrogens is 1. The minimum absolute atomic E-state index is 0.0630. The van der Waals surface area contributed by atoms with E-state index in [9.17, 15) is 4.79 Å². The highest BCUT2D eigenvalue weighted by Gasteiger charge is 2.18. The number of fused-ring (bicyclic) bond motifs is 1. The lowest BCUT2D eigenvalue weighted by atomic mass is 10.2. The van der Waals surface area contributed by atoms with Crippen LogP contribution in [0.2, 0.25) is 0 Å². The summed E-state index contributed by atoms with van der Waals surface area (Å²) in [5.74, 6) is 0.658. The van der Waals surface area contributed by atoms with Crippen LogP contribution in [0.15, 0.2) is 29.1 Å². The third-order valence-corrected chi connectivity index (χ3v) is 6.20. The second-order valence-electron chi connectivity index (χ2n) is 6.90. The standard InChI is InChI=1S/C20H24N4O2S/c1-12-14(3)27-20-17(12)19(25)22-18(23-20)13(2)21-15-6-4-5-7-16(15)24-8-10-26-11-9-24/h4-7,13,21H,8-11H2,1-3H3,(H,22,23,25)/t13-/m0/s1. The fourth-order valence-corrected chi connectivity index (χ4v) is 4.49. The van der Waals surface area contributed by atoms with Crippen molar-refractivity contribution in [1.82, 2.24) is 9.97 Å². The largest absolute Gasteiger partial charge is 0.378 e. The van der Waals surface area contributed by atoms with Gasteiger partial charge in [-0.1, -0.05) is 12.1 Å². The SMILES string of the molecule is Cc1sc2nc([C@H](C)Nc3ccccc3N3CCOCC3)[nH]c(=O)c2c1C. The maximum atomic E-state index is 12.6. The van der Waals surface area contributed by atoms with Crippen LogP contribution in [0, 0.1) is 13.8 Å². The van der Waals surface area contributed by atoms with Gasteiger partial charge >= 0.3 is 0 Å². The molecule has 1 aliphatic rings. The van der Waals surface area contributed by atoms with Gasteiger partial charge in [-0.2, -0.15) is 0 Å². The summed E-state index contributed by atoms with van der Waals surface area (Å²) < 4.78 is 5.47. The molecule has 142 valence electrons. The van der Waals surface area contributed by atoms with E-state index in [1.807, 2.05) is 32.9 Å². The van der Waals surface area contributed by atoms with Gasteiger partial charge in [0.15, 0.2) is 0 Å². The van der Waals surface area contributed by atoms with E-state index >= 15 is 0 Å².